The van der Waals surface area contributed by atoms with E-state index in [9.17, 15) is 14.9 Å². The fraction of sp³-hybridized carbons (Fsp3) is 0.545. The van der Waals surface area contributed by atoms with Crippen LogP contribution in [0.5, 0.6) is 0 Å². The second-order valence-corrected chi connectivity index (χ2v) is 4.83. The molecule has 1 unspecified atom stereocenters. The molecule has 116 valence electrons. The van der Waals surface area contributed by atoms with Gasteiger partial charge in [-0.1, -0.05) is 13.8 Å². The number of nitrogens with one attached hydrogen (secondary N) is 3. The van der Waals surface area contributed by atoms with E-state index in [1.807, 2.05) is 13.8 Å². The third-order valence-corrected chi connectivity index (χ3v) is 2.57. The molecule has 1 rings (SSSR count). The van der Waals surface area contributed by atoms with Crippen molar-refractivity contribution in [2.24, 2.45) is 11.8 Å². The highest BCUT2D eigenvalue weighted by atomic mass is 16.6. The molecule has 1 amide bonds. The first-order chi connectivity index (χ1) is 9.86. The molecule has 0 aromatic carbocycles. The van der Waals surface area contributed by atoms with Gasteiger partial charge in [0, 0.05) is 6.54 Å². The van der Waals surface area contributed by atoms with Crippen LogP contribution in [0.3, 0.4) is 0 Å². The zero-order valence-electron chi connectivity index (χ0n) is 12.1. The molecule has 21 heavy (non-hydrogen) atoms. The van der Waals surface area contributed by atoms with E-state index in [-0.39, 0.29) is 17.5 Å². The number of nitrogens with two attached hydrogens (primary N) is 1. The summed E-state index contributed by atoms with van der Waals surface area (Å²) in [6, 6.07) is -0.692. The second-order valence-electron chi connectivity index (χ2n) is 4.83. The number of rotatable bonds is 7. The van der Waals surface area contributed by atoms with Gasteiger partial charge in [0.15, 0.2) is 0 Å². The standard InChI is InChI=1S/C11H19N7O3/c1-6(2)4-13-11(19)7(3)16-9-8(18(20)21)10(17-12)15-5-14-9/h5-7H,4,12H2,1-3H3,(H,13,19)(H2,14,15,16,17). The van der Waals surface area contributed by atoms with E-state index in [0.717, 1.165) is 6.33 Å². The van der Waals surface area contributed by atoms with Crippen LogP contribution in [0.15, 0.2) is 6.33 Å². The highest BCUT2D eigenvalue weighted by Gasteiger charge is 2.25. The average molecular weight is 297 g/mol. The minimum Gasteiger partial charge on any atom is -0.354 e. The fourth-order valence-corrected chi connectivity index (χ4v) is 1.49. The monoisotopic (exact) mass is 297 g/mol. The lowest BCUT2D eigenvalue weighted by molar-refractivity contribution is -0.383. The van der Waals surface area contributed by atoms with Gasteiger partial charge in [-0.25, -0.2) is 15.8 Å². The normalized spacial score (nSPS) is 11.9. The Morgan fingerprint density at radius 3 is 2.52 bits per heavy atom. The lowest BCUT2D eigenvalue weighted by Crippen LogP contribution is -2.39. The molecule has 5 N–H and O–H groups in total. The molecule has 0 fully saturated rings. The van der Waals surface area contributed by atoms with Crippen LogP contribution in [0.25, 0.3) is 0 Å². The SMILES string of the molecule is CC(C)CNC(=O)C(C)Nc1ncnc(NN)c1[N+](=O)[O-]. The summed E-state index contributed by atoms with van der Waals surface area (Å²) in [5.74, 6) is 5.00. The fourth-order valence-electron chi connectivity index (χ4n) is 1.49. The van der Waals surface area contributed by atoms with Crippen LogP contribution in [-0.2, 0) is 4.79 Å². The quantitative estimate of drug-likeness (QED) is 0.318. The zero-order valence-corrected chi connectivity index (χ0v) is 12.1. The van der Waals surface area contributed by atoms with Gasteiger partial charge in [0.25, 0.3) is 0 Å². The first kappa shape index (κ1) is 16.6. The number of hydrogen-bond donors (Lipinski definition) is 4. The van der Waals surface area contributed by atoms with Crippen molar-refractivity contribution in [3.8, 4) is 0 Å². The number of nitrogens with zero attached hydrogens (tertiary/aromatic N) is 3. The van der Waals surface area contributed by atoms with Crippen LogP contribution in [0.4, 0.5) is 17.3 Å². The van der Waals surface area contributed by atoms with E-state index in [1.54, 1.807) is 6.92 Å². The third-order valence-electron chi connectivity index (χ3n) is 2.57. The van der Waals surface area contributed by atoms with Crippen molar-refractivity contribution in [1.82, 2.24) is 15.3 Å². The van der Waals surface area contributed by atoms with E-state index in [1.165, 1.54) is 0 Å². The molecule has 0 aliphatic carbocycles. The zero-order chi connectivity index (χ0) is 16.0. The van der Waals surface area contributed by atoms with Crippen LogP contribution >= 0.6 is 0 Å². The Balaban J connectivity index is 2.87. The summed E-state index contributed by atoms with van der Waals surface area (Å²) in [4.78, 5) is 29.7. The largest absolute Gasteiger partial charge is 0.354 e. The van der Waals surface area contributed by atoms with Crippen molar-refractivity contribution in [3.05, 3.63) is 16.4 Å². The van der Waals surface area contributed by atoms with E-state index in [0.29, 0.717) is 12.5 Å². The van der Waals surface area contributed by atoms with Crippen molar-refractivity contribution < 1.29 is 9.72 Å². The molecule has 0 saturated carbocycles. The Bertz CT molecular complexity index is 521. The van der Waals surface area contributed by atoms with Crippen molar-refractivity contribution in [2.75, 3.05) is 17.3 Å². The van der Waals surface area contributed by atoms with Crippen molar-refractivity contribution in [3.63, 3.8) is 0 Å². The Hall–Kier alpha value is -2.49. The smallest absolute Gasteiger partial charge is 0.354 e. The molecule has 1 atom stereocenters. The summed E-state index contributed by atoms with van der Waals surface area (Å²) in [5.41, 5.74) is 1.71. The summed E-state index contributed by atoms with van der Waals surface area (Å²) < 4.78 is 0. The molecule has 0 aliphatic heterocycles. The summed E-state index contributed by atoms with van der Waals surface area (Å²) in [7, 11) is 0. The molecule has 1 aromatic rings. The molecule has 0 saturated heterocycles. The molecular formula is C11H19N7O3. The van der Waals surface area contributed by atoms with Crippen molar-refractivity contribution in [1.29, 1.82) is 0 Å². The lowest BCUT2D eigenvalue weighted by Gasteiger charge is -2.16. The van der Waals surface area contributed by atoms with Crippen molar-refractivity contribution >= 4 is 23.2 Å². The van der Waals surface area contributed by atoms with Gasteiger partial charge in [0.1, 0.15) is 12.4 Å². The van der Waals surface area contributed by atoms with Gasteiger partial charge in [0.2, 0.25) is 17.5 Å². The maximum absolute atomic E-state index is 11.9. The van der Waals surface area contributed by atoms with Gasteiger partial charge in [0.05, 0.1) is 4.92 Å². The number of nitrogen functional groups attached to an aromatic ring is 1. The van der Waals surface area contributed by atoms with Gasteiger partial charge in [-0.3, -0.25) is 14.9 Å². The summed E-state index contributed by atoms with van der Waals surface area (Å²) in [6.45, 7) is 6.03. The molecule has 1 aromatic heterocycles. The molecule has 1 heterocycles. The maximum atomic E-state index is 11.9. The minimum atomic E-state index is -0.692. The van der Waals surface area contributed by atoms with Crippen molar-refractivity contribution in [2.45, 2.75) is 26.8 Å². The van der Waals surface area contributed by atoms with Crippen LogP contribution in [-0.4, -0.2) is 33.4 Å². The third kappa shape index (κ3) is 4.53. The molecular weight excluding hydrogens is 278 g/mol. The highest BCUT2D eigenvalue weighted by molar-refractivity contribution is 5.85. The number of anilines is 2. The molecule has 0 bridgehead atoms. The van der Waals surface area contributed by atoms with Gasteiger partial charge in [-0.2, -0.15) is 0 Å². The summed E-state index contributed by atoms with van der Waals surface area (Å²) >= 11 is 0. The van der Waals surface area contributed by atoms with Gasteiger partial charge in [-0.15, -0.1) is 0 Å². The Labute approximate surface area is 121 Å². The van der Waals surface area contributed by atoms with E-state index in [4.69, 9.17) is 5.84 Å². The van der Waals surface area contributed by atoms with Crippen LogP contribution in [0, 0.1) is 16.0 Å². The number of hydrazine groups is 1. The Kier molecular flexibility index (Phi) is 5.79. The van der Waals surface area contributed by atoms with Gasteiger partial charge in [-0.05, 0) is 12.8 Å². The predicted molar refractivity (Wildman–Crippen MR) is 77.4 cm³/mol. The molecule has 0 spiro atoms. The first-order valence-corrected chi connectivity index (χ1v) is 6.37. The summed E-state index contributed by atoms with van der Waals surface area (Å²) in [5, 5.41) is 16.5. The van der Waals surface area contributed by atoms with E-state index in [2.05, 4.69) is 26.0 Å². The highest BCUT2D eigenvalue weighted by Crippen LogP contribution is 2.28. The number of aromatic nitrogens is 2. The topological polar surface area (TPSA) is 148 Å². The first-order valence-electron chi connectivity index (χ1n) is 6.37. The van der Waals surface area contributed by atoms with Gasteiger partial charge < -0.3 is 16.1 Å². The number of amides is 1. The van der Waals surface area contributed by atoms with Crippen LogP contribution in [0.2, 0.25) is 0 Å². The van der Waals surface area contributed by atoms with E-state index < -0.39 is 16.7 Å². The number of nitro groups is 1. The Morgan fingerprint density at radius 2 is 2.00 bits per heavy atom. The molecule has 0 radical (unpaired) electrons. The lowest BCUT2D eigenvalue weighted by atomic mass is 10.2. The predicted octanol–water partition coefficient (Wildman–Crippen LogP) is 0.243. The number of hydrogen-bond acceptors (Lipinski definition) is 8. The summed E-state index contributed by atoms with van der Waals surface area (Å²) in [6.07, 6.45) is 1.11. The van der Waals surface area contributed by atoms with Gasteiger partial charge >= 0.3 is 5.69 Å². The minimum absolute atomic E-state index is 0.0739. The molecule has 0 aliphatic rings. The number of carbonyl (C=O) groups excluding carboxylic acids is 1. The average Bonchev–Trinajstić information content (AvgIpc) is 2.43. The van der Waals surface area contributed by atoms with Crippen LogP contribution < -0.4 is 21.9 Å². The second kappa shape index (κ2) is 7.33. The molecule has 10 nitrogen and oxygen atoms in total. The Morgan fingerprint density at radius 1 is 1.38 bits per heavy atom. The maximum Gasteiger partial charge on any atom is 0.354 e. The molecule has 10 heteroatoms. The van der Waals surface area contributed by atoms with E-state index >= 15 is 0 Å². The number of carbonyl (C=O) groups is 1. The van der Waals surface area contributed by atoms with Crippen LogP contribution in [0.1, 0.15) is 20.8 Å².